The highest BCUT2D eigenvalue weighted by Crippen LogP contribution is 2.19. The topological polar surface area (TPSA) is 195 Å². The second-order valence-corrected chi connectivity index (χ2v) is 11.3. The molecule has 0 aliphatic heterocycles. The first-order valence-electron chi connectivity index (χ1n) is 14.6. The summed E-state index contributed by atoms with van der Waals surface area (Å²) in [5.74, 6) is -2.91. The fourth-order valence-electron chi connectivity index (χ4n) is 5.03. The van der Waals surface area contributed by atoms with E-state index in [1.165, 1.54) is 6.33 Å². The van der Waals surface area contributed by atoms with Crippen LogP contribution in [0.2, 0.25) is 0 Å². The number of hydrogen-bond acceptors (Lipinski definition) is 6. The SMILES string of the molecule is CC(C)CC(NC(=O)C(N)Cc1cnc[nH]1)C(=O)NC(Cc1ccccc1)C(=O)NC(Cc1c[nH]c2ccccc12)C(=O)O. The first kappa shape index (κ1) is 32.0. The number of para-hydroxylation sites is 1. The lowest BCUT2D eigenvalue weighted by Crippen LogP contribution is -2.58. The maximum Gasteiger partial charge on any atom is 0.326 e. The summed E-state index contributed by atoms with van der Waals surface area (Å²) in [6.07, 6.45) is 5.44. The molecule has 0 saturated carbocycles. The largest absolute Gasteiger partial charge is 0.480 e. The van der Waals surface area contributed by atoms with Crippen LogP contribution in [0.1, 0.15) is 37.1 Å². The molecule has 12 nitrogen and oxygen atoms in total. The number of benzene rings is 2. The van der Waals surface area contributed by atoms with Crippen molar-refractivity contribution in [2.24, 2.45) is 11.7 Å². The number of carbonyl (C=O) groups is 4. The van der Waals surface area contributed by atoms with Crippen LogP contribution in [0.25, 0.3) is 10.9 Å². The number of nitrogens with zero attached hydrogens (tertiary/aromatic N) is 1. The Kier molecular flexibility index (Phi) is 10.9. The zero-order valence-corrected chi connectivity index (χ0v) is 24.7. The molecule has 0 bridgehead atoms. The number of hydrogen-bond donors (Lipinski definition) is 7. The molecule has 0 radical (unpaired) electrons. The molecular formula is C32H39N7O5. The molecule has 2 aromatic heterocycles. The molecule has 0 aliphatic rings. The number of fused-ring (bicyclic) bond motifs is 1. The van der Waals surface area contributed by atoms with E-state index in [0.717, 1.165) is 22.0 Å². The number of aromatic nitrogens is 3. The minimum atomic E-state index is -1.25. The third-order valence-electron chi connectivity index (χ3n) is 7.30. The van der Waals surface area contributed by atoms with Gasteiger partial charge in [-0.3, -0.25) is 14.4 Å². The van der Waals surface area contributed by atoms with Gasteiger partial charge in [0.25, 0.3) is 0 Å². The Labute approximate surface area is 255 Å². The van der Waals surface area contributed by atoms with Gasteiger partial charge in [-0.25, -0.2) is 9.78 Å². The fraction of sp³-hybridized carbons (Fsp3) is 0.344. The van der Waals surface area contributed by atoms with Gasteiger partial charge in [-0.1, -0.05) is 62.4 Å². The van der Waals surface area contributed by atoms with E-state index in [1.807, 2.05) is 68.4 Å². The average Bonchev–Trinajstić information content (AvgIpc) is 3.66. The number of carboxylic acids is 1. The van der Waals surface area contributed by atoms with Gasteiger partial charge in [0.15, 0.2) is 0 Å². The van der Waals surface area contributed by atoms with E-state index in [2.05, 4.69) is 30.9 Å². The third kappa shape index (κ3) is 8.77. The van der Waals surface area contributed by atoms with Crippen molar-refractivity contribution in [3.8, 4) is 0 Å². The number of aromatic amines is 2. The minimum absolute atomic E-state index is 0.0313. The Hall–Kier alpha value is -4.97. The molecule has 2 aromatic carbocycles. The summed E-state index contributed by atoms with van der Waals surface area (Å²) in [6, 6.07) is 12.3. The van der Waals surface area contributed by atoms with Gasteiger partial charge in [0, 0.05) is 48.3 Å². The molecule has 0 saturated heterocycles. The summed E-state index contributed by atoms with van der Waals surface area (Å²) in [7, 11) is 0. The molecule has 232 valence electrons. The molecule has 4 aromatic rings. The van der Waals surface area contributed by atoms with E-state index in [4.69, 9.17) is 5.73 Å². The predicted octanol–water partition coefficient (Wildman–Crippen LogP) is 1.83. The number of aliphatic carboxylic acids is 1. The van der Waals surface area contributed by atoms with E-state index in [-0.39, 0.29) is 25.2 Å². The molecule has 4 rings (SSSR count). The van der Waals surface area contributed by atoms with Crippen LogP contribution in [-0.4, -0.2) is 67.9 Å². The van der Waals surface area contributed by atoms with Crippen LogP contribution in [0.4, 0.5) is 0 Å². The van der Waals surface area contributed by atoms with E-state index < -0.39 is 47.9 Å². The molecule has 8 N–H and O–H groups in total. The summed E-state index contributed by atoms with van der Waals surface area (Å²) in [5.41, 5.74) is 9.14. The Bertz CT molecular complexity index is 1550. The van der Waals surface area contributed by atoms with E-state index >= 15 is 0 Å². The first-order chi connectivity index (χ1) is 21.1. The molecule has 0 spiro atoms. The van der Waals surface area contributed by atoms with Crippen LogP contribution in [0, 0.1) is 5.92 Å². The molecular weight excluding hydrogens is 562 g/mol. The van der Waals surface area contributed by atoms with Gasteiger partial charge in [-0.2, -0.15) is 0 Å². The van der Waals surface area contributed by atoms with Crippen molar-refractivity contribution < 1.29 is 24.3 Å². The number of amides is 3. The van der Waals surface area contributed by atoms with Crippen LogP contribution in [0.15, 0.2) is 73.3 Å². The molecule has 12 heteroatoms. The minimum Gasteiger partial charge on any atom is -0.480 e. The van der Waals surface area contributed by atoms with E-state index in [1.54, 1.807) is 12.4 Å². The molecule has 4 atom stereocenters. The number of nitrogens with one attached hydrogen (secondary N) is 5. The van der Waals surface area contributed by atoms with Crippen LogP contribution in [0.3, 0.4) is 0 Å². The van der Waals surface area contributed by atoms with Gasteiger partial charge in [0.2, 0.25) is 17.7 Å². The monoisotopic (exact) mass is 601 g/mol. The lowest BCUT2D eigenvalue weighted by Gasteiger charge is -2.26. The van der Waals surface area contributed by atoms with E-state index in [0.29, 0.717) is 12.1 Å². The number of carbonyl (C=O) groups excluding carboxylic acids is 3. The standard InChI is InChI=1S/C32H39N7O5/c1-19(2)12-26(37-29(40)24(33)15-22-17-34-18-36-22)30(41)38-27(13-20-8-4-3-5-9-20)31(42)39-28(32(43)44)14-21-16-35-25-11-7-6-10-23(21)25/h3-11,16-19,24,26-28,35H,12-15,33H2,1-2H3,(H,34,36)(H,37,40)(H,38,41)(H,39,42)(H,43,44). The Morgan fingerprint density at radius 2 is 1.48 bits per heavy atom. The lowest BCUT2D eigenvalue weighted by atomic mass is 10.00. The van der Waals surface area contributed by atoms with Crippen LogP contribution in [-0.2, 0) is 38.4 Å². The van der Waals surface area contributed by atoms with Gasteiger partial charge in [-0.05, 0) is 29.5 Å². The van der Waals surface area contributed by atoms with Gasteiger partial charge in [0.1, 0.15) is 18.1 Å². The molecule has 4 unspecified atom stereocenters. The summed E-state index contributed by atoms with van der Waals surface area (Å²) in [4.78, 5) is 62.4. The van der Waals surface area contributed by atoms with Crippen molar-refractivity contribution in [1.29, 1.82) is 0 Å². The zero-order valence-electron chi connectivity index (χ0n) is 24.7. The zero-order chi connectivity index (χ0) is 31.6. The van der Waals surface area contributed by atoms with Gasteiger partial charge >= 0.3 is 5.97 Å². The van der Waals surface area contributed by atoms with Crippen LogP contribution in [0.5, 0.6) is 0 Å². The van der Waals surface area contributed by atoms with Crippen molar-refractivity contribution >= 4 is 34.6 Å². The summed E-state index contributed by atoms with van der Waals surface area (Å²) in [6.45, 7) is 3.82. The molecule has 0 fully saturated rings. The number of imidazole rings is 1. The van der Waals surface area contributed by atoms with Crippen molar-refractivity contribution in [3.05, 3.63) is 90.1 Å². The van der Waals surface area contributed by atoms with Crippen LogP contribution >= 0.6 is 0 Å². The highest BCUT2D eigenvalue weighted by atomic mass is 16.4. The Balaban J connectivity index is 1.50. The second kappa shape index (κ2) is 15.0. The summed E-state index contributed by atoms with van der Waals surface area (Å²) < 4.78 is 0. The normalized spacial score (nSPS) is 14.0. The maximum absolute atomic E-state index is 13.6. The summed E-state index contributed by atoms with van der Waals surface area (Å²) in [5, 5.41) is 19.0. The molecule has 2 heterocycles. The Morgan fingerprint density at radius 3 is 2.16 bits per heavy atom. The predicted molar refractivity (Wildman–Crippen MR) is 165 cm³/mol. The number of H-pyrrole nitrogens is 2. The number of nitrogens with two attached hydrogens (primary N) is 1. The van der Waals surface area contributed by atoms with Crippen molar-refractivity contribution in [2.75, 3.05) is 0 Å². The number of carboxylic acid groups (broad SMARTS) is 1. The van der Waals surface area contributed by atoms with Crippen molar-refractivity contribution in [3.63, 3.8) is 0 Å². The van der Waals surface area contributed by atoms with Crippen LogP contribution < -0.4 is 21.7 Å². The highest BCUT2D eigenvalue weighted by molar-refractivity contribution is 5.94. The molecule has 44 heavy (non-hydrogen) atoms. The highest BCUT2D eigenvalue weighted by Gasteiger charge is 2.31. The number of rotatable bonds is 15. The van der Waals surface area contributed by atoms with Gasteiger partial charge in [0.05, 0.1) is 12.4 Å². The Morgan fingerprint density at radius 1 is 0.818 bits per heavy atom. The quantitative estimate of drug-likeness (QED) is 0.108. The smallest absolute Gasteiger partial charge is 0.326 e. The summed E-state index contributed by atoms with van der Waals surface area (Å²) >= 11 is 0. The second-order valence-electron chi connectivity index (χ2n) is 11.3. The maximum atomic E-state index is 13.6. The molecule has 3 amide bonds. The first-order valence-corrected chi connectivity index (χ1v) is 14.6. The van der Waals surface area contributed by atoms with Crippen molar-refractivity contribution in [1.82, 2.24) is 30.9 Å². The van der Waals surface area contributed by atoms with Crippen molar-refractivity contribution in [2.45, 2.75) is 63.7 Å². The average molecular weight is 602 g/mol. The lowest BCUT2D eigenvalue weighted by molar-refractivity contribution is -0.142. The van der Waals surface area contributed by atoms with E-state index in [9.17, 15) is 24.3 Å². The van der Waals surface area contributed by atoms with Gasteiger partial charge < -0.3 is 36.8 Å². The fourth-order valence-corrected chi connectivity index (χ4v) is 5.03. The third-order valence-corrected chi connectivity index (χ3v) is 7.30. The molecule has 0 aliphatic carbocycles. The van der Waals surface area contributed by atoms with Gasteiger partial charge in [-0.15, -0.1) is 0 Å².